The van der Waals surface area contributed by atoms with Gasteiger partial charge in [-0.3, -0.25) is 0 Å². The minimum atomic E-state index is 0.0670. The van der Waals surface area contributed by atoms with E-state index in [1.54, 1.807) is 12.4 Å². The third kappa shape index (κ3) is 3.64. The lowest BCUT2D eigenvalue weighted by atomic mass is 9.98. The van der Waals surface area contributed by atoms with Crippen LogP contribution < -0.4 is 5.32 Å². The molecule has 1 aromatic carbocycles. The summed E-state index contributed by atoms with van der Waals surface area (Å²) in [6.45, 7) is 7.54. The van der Waals surface area contributed by atoms with Gasteiger partial charge in [0.2, 0.25) is 0 Å². The van der Waals surface area contributed by atoms with Crippen LogP contribution in [-0.2, 0) is 0 Å². The van der Waals surface area contributed by atoms with Crippen LogP contribution >= 0.6 is 0 Å². The van der Waals surface area contributed by atoms with Crippen molar-refractivity contribution in [2.24, 2.45) is 0 Å². The molecule has 2 rings (SSSR count). The van der Waals surface area contributed by atoms with Gasteiger partial charge in [-0.25, -0.2) is 9.97 Å². The van der Waals surface area contributed by atoms with Gasteiger partial charge in [0.25, 0.3) is 0 Å². The zero-order valence-corrected chi connectivity index (χ0v) is 12.5. The average Bonchev–Trinajstić information content (AvgIpc) is 2.49. The van der Waals surface area contributed by atoms with Crippen molar-refractivity contribution < 1.29 is 0 Å². The van der Waals surface area contributed by atoms with Gasteiger partial charge in [-0.2, -0.15) is 0 Å². The van der Waals surface area contributed by atoms with Crippen molar-refractivity contribution in [3.8, 4) is 0 Å². The monoisotopic (exact) mass is 269 g/mol. The standard InChI is InChI=1S/C17H23N3/c1-4-10-18-16(17-19-11-5-12-20-17)15-8-6-14(7-9-15)13(2)3/h5-9,11-13,16,18H,4,10H2,1-3H3. The van der Waals surface area contributed by atoms with Crippen molar-refractivity contribution in [3.05, 3.63) is 59.7 Å². The lowest BCUT2D eigenvalue weighted by molar-refractivity contribution is 0.571. The summed E-state index contributed by atoms with van der Waals surface area (Å²) in [6, 6.07) is 10.7. The highest BCUT2D eigenvalue weighted by molar-refractivity contribution is 5.30. The van der Waals surface area contributed by atoms with E-state index in [1.165, 1.54) is 11.1 Å². The lowest BCUT2D eigenvalue weighted by Gasteiger charge is -2.18. The molecule has 0 aliphatic rings. The second-order valence-corrected chi connectivity index (χ2v) is 5.32. The highest BCUT2D eigenvalue weighted by Gasteiger charge is 2.15. The fraction of sp³-hybridized carbons (Fsp3) is 0.412. The number of benzene rings is 1. The van der Waals surface area contributed by atoms with E-state index in [9.17, 15) is 0 Å². The van der Waals surface area contributed by atoms with Gasteiger partial charge >= 0.3 is 0 Å². The van der Waals surface area contributed by atoms with Crippen molar-refractivity contribution in [1.82, 2.24) is 15.3 Å². The largest absolute Gasteiger partial charge is 0.304 e. The number of nitrogens with zero attached hydrogens (tertiary/aromatic N) is 2. The van der Waals surface area contributed by atoms with Crippen LogP contribution in [-0.4, -0.2) is 16.5 Å². The fourth-order valence-corrected chi connectivity index (χ4v) is 2.18. The number of rotatable bonds is 6. The molecule has 106 valence electrons. The maximum absolute atomic E-state index is 4.39. The first-order chi connectivity index (χ1) is 9.72. The molecule has 0 radical (unpaired) electrons. The molecular weight excluding hydrogens is 246 g/mol. The molecule has 2 aromatic rings. The number of hydrogen-bond donors (Lipinski definition) is 1. The Bertz CT molecular complexity index is 506. The van der Waals surface area contributed by atoms with Gasteiger partial charge in [-0.05, 0) is 36.1 Å². The van der Waals surface area contributed by atoms with Gasteiger partial charge in [-0.1, -0.05) is 45.0 Å². The molecule has 0 fully saturated rings. The number of aromatic nitrogens is 2. The van der Waals surface area contributed by atoms with Crippen LogP contribution in [0.15, 0.2) is 42.7 Å². The highest BCUT2D eigenvalue weighted by atomic mass is 15.0. The van der Waals surface area contributed by atoms with Crippen LogP contribution in [0.2, 0.25) is 0 Å². The van der Waals surface area contributed by atoms with Gasteiger partial charge in [0.05, 0.1) is 6.04 Å². The van der Waals surface area contributed by atoms with Crippen LogP contribution in [0.5, 0.6) is 0 Å². The molecule has 1 N–H and O–H groups in total. The molecule has 0 saturated carbocycles. The van der Waals surface area contributed by atoms with E-state index in [2.05, 4.69) is 60.3 Å². The lowest BCUT2D eigenvalue weighted by Crippen LogP contribution is -2.25. The van der Waals surface area contributed by atoms with Gasteiger partial charge in [0, 0.05) is 12.4 Å². The summed E-state index contributed by atoms with van der Waals surface area (Å²) in [5.74, 6) is 1.39. The van der Waals surface area contributed by atoms with E-state index < -0.39 is 0 Å². The smallest absolute Gasteiger partial charge is 0.149 e. The van der Waals surface area contributed by atoms with E-state index in [1.807, 2.05) is 6.07 Å². The van der Waals surface area contributed by atoms with Gasteiger partial charge in [0.1, 0.15) is 5.82 Å². The predicted octanol–water partition coefficient (Wildman–Crippen LogP) is 3.69. The van der Waals surface area contributed by atoms with Crippen molar-refractivity contribution in [3.63, 3.8) is 0 Å². The summed E-state index contributed by atoms with van der Waals surface area (Å²) in [6.07, 6.45) is 4.68. The molecule has 1 heterocycles. The van der Waals surface area contributed by atoms with Crippen molar-refractivity contribution in [2.75, 3.05) is 6.54 Å². The first-order valence-corrected chi connectivity index (χ1v) is 7.32. The molecular formula is C17H23N3. The Labute approximate surface area is 121 Å². The quantitative estimate of drug-likeness (QED) is 0.869. The Kier molecular flexibility index (Phi) is 5.24. The minimum Gasteiger partial charge on any atom is -0.304 e. The first-order valence-electron chi connectivity index (χ1n) is 7.32. The summed E-state index contributed by atoms with van der Waals surface area (Å²) < 4.78 is 0. The summed E-state index contributed by atoms with van der Waals surface area (Å²) in [4.78, 5) is 8.78. The van der Waals surface area contributed by atoms with Crippen LogP contribution in [0.25, 0.3) is 0 Å². The Hall–Kier alpha value is -1.74. The van der Waals surface area contributed by atoms with E-state index in [4.69, 9.17) is 0 Å². The van der Waals surface area contributed by atoms with Crippen molar-refractivity contribution in [1.29, 1.82) is 0 Å². The molecule has 3 heteroatoms. The van der Waals surface area contributed by atoms with Crippen LogP contribution in [0.3, 0.4) is 0 Å². The zero-order valence-electron chi connectivity index (χ0n) is 12.5. The summed E-state index contributed by atoms with van der Waals surface area (Å²) in [7, 11) is 0. The Morgan fingerprint density at radius 1 is 1.00 bits per heavy atom. The average molecular weight is 269 g/mol. The number of hydrogen-bond acceptors (Lipinski definition) is 3. The number of nitrogens with one attached hydrogen (secondary N) is 1. The van der Waals surface area contributed by atoms with Gasteiger partial charge < -0.3 is 5.32 Å². The fourth-order valence-electron chi connectivity index (χ4n) is 2.18. The molecule has 0 spiro atoms. The molecule has 20 heavy (non-hydrogen) atoms. The van der Waals surface area contributed by atoms with E-state index in [0.29, 0.717) is 5.92 Å². The molecule has 1 aromatic heterocycles. The highest BCUT2D eigenvalue weighted by Crippen LogP contribution is 2.22. The second-order valence-electron chi connectivity index (χ2n) is 5.32. The first kappa shape index (κ1) is 14.7. The van der Waals surface area contributed by atoms with Gasteiger partial charge in [-0.15, -0.1) is 0 Å². The molecule has 3 nitrogen and oxygen atoms in total. The molecule has 1 atom stereocenters. The molecule has 0 amide bonds. The van der Waals surface area contributed by atoms with Crippen LogP contribution in [0.4, 0.5) is 0 Å². The maximum atomic E-state index is 4.39. The zero-order chi connectivity index (χ0) is 14.4. The van der Waals surface area contributed by atoms with Crippen LogP contribution in [0.1, 0.15) is 56.1 Å². The second kappa shape index (κ2) is 7.15. The van der Waals surface area contributed by atoms with Gasteiger partial charge in [0.15, 0.2) is 0 Å². The summed E-state index contributed by atoms with van der Waals surface area (Å²) in [5, 5.41) is 3.53. The topological polar surface area (TPSA) is 37.8 Å². The van der Waals surface area contributed by atoms with E-state index in [0.717, 1.165) is 18.8 Å². The summed E-state index contributed by atoms with van der Waals surface area (Å²) in [5.41, 5.74) is 2.58. The summed E-state index contributed by atoms with van der Waals surface area (Å²) >= 11 is 0. The third-order valence-corrected chi connectivity index (χ3v) is 3.38. The Morgan fingerprint density at radius 3 is 2.15 bits per heavy atom. The molecule has 0 aliphatic heterocycles. The SMILES string of the molecule is CCCNC(c1ccc(C(C)C)cc1)c1ncccn1. The van der Waals surface area contributed by atoms with Crippen molar-refractivity contribution >= 4 is 0 Å². The normalized spacial score (nSPS) is 12.6. The predicted molar refractivity (Wildman–Crippen MR) is 82.7 cm³/mol. The van der Waals surface area contributed by atoms with E-state index >= 15 is 0 Å². The molecule has 0 saturated heterocycles. The van der Waals surface area contributed by atoms with Crippen LogP contribution in [0, 0.1) is 0 Å². The Balaban J connectivity index is 2.26. The molecule has 1 unspecified atom stereocenters. The Morgan fingerprint density at radius 2 is 1.60 bits per heavy atom. The van der Waals surface area contributed by atoms with Crippen molar-refractivity contribution in [2.45, 2.75) is 39.2 Å². The molecule has 0 bridgehead atoms. The minimum absolute atomic E-state index is 0.0670. The maximum Gasteiger partial charge on any atom is 0.149 e. The third-order valence-electron chi connectivity index (χ3n) is 3.38. The molecule has 0 aliphatic carbocycles. The van der Waals surface area contributed by atoms with E-state index in [-0.39, 0.29) is 6.04 Å².